The van der Waals surface area contributed by atoms with E-state index >= 15 is 0 Å². The first-order valence-corrected chi connectivity index (χ1v) is 15.1. The first kappa shape index (κ1) is 35.6. The molecule has 3 aromatic carbocycles. The minimum absolute atomic E-state index is 0.0261. The van der Waals surface area contributed by atoms with Gasteiger partial charge in [0.2, 0.25) is 0 Å². The van der Waals surface area contributed by atoms with E-state index in [0.717, 1.165) is 12.1 Å². The molecule has 0 aromatic heterocycles. The van der Waals surface area contributed by atoms with Crippen molar-refractivity contribution in [1.82, 2.24) is 10.2 Å². The fourth-order valence-corrected chi connectivity index (χ4v) is 5.56. The fraction of sp³-hybridized carbons (Fsp3) is 0.412. The van der Waals surface area contributed by atoms with Gasteiger partial charge in [-0.3, -0.25) is 10.1 Å². The third kappa shape index (κ3) is 7.04. The number of amides is 3. The molecule has 1 heterocycles. The topological polar surface area (TPSA) is 88.1 Å². The van der Waals surface area contributed by atoms with Crippen LogP contribution in [-0.4, -0.2) is 53.6 Å². The number of urea groups is 1. The van der Waals surface area contributed by atoms with Crippen LogP contribution in [0.3, 0.4) is 0 Å². The zero-order valence-corrected chi connectivity index (χ0v) is 26.3. The number of benzene rings is 3. The summed E-state index contributed by atoms with van der Waals surface area (Å²) >= 11 is 0. The number of carbonyl (C=O) groups excluding carboxylic acids is 2. The number of aryl methyl sites for hydroxylation is 1. The van der Waals surface area contributed by atoms with Gasteiger partial charge in [0, 0.05) is 12.1 Å². The quantitative estimate of drug-likeness (QED) is 0.118. The molecule has 1 unspecified atom stereocenters. The maximum absolute atomic E-state index is 13.5. The Bertz CT molecular complexity index is 1560. The van der Waals surface area contributed by atoms with E-state index in [4.69, 9.17) is 9.47 Å². The Morgan fingerprint density at radius 2 is 1.49 bits per heavy atom. The molecule has 47 heavy (non-hydrogen) atoms. The highest BCUT2D eigenvalue weighted by atomic mass is 19.4. The summed E-state index contributed by atoms with van der Waals surface area (Å²) in [5.74, 6) is 0.627. The lowest BCUT2D eigenvalue weighted by Gasteiger charge is -2.33. The van der Waals surface area contributed by atoms with Crippen molar-refractivity contribution in [2.45, 2.75) is 76.6 Å². The van der Waals surface area contributed by atoms with E-state index in [1.54, 1.807) is 62.4 Å². The Balaban J connectivity index is 1.44. The van der Waals surface area contributed by atoms with Crippen LogP contribution in [0.25, 0.3) is 11.1 Å². The van der Waals surface area contributed by atoms with Crippen molar-refractivity contribution in [3.05, 3.63) is 83.4 Å². The molecule has 1 atom stereocenters. The maximum Gasteiger partial charge on any atom is 0.430 e. The molecule has 2 N–H and O–H groups in total. The minimum Gasteiger partial charge on any atom is -0.494 e. The van der Waals surface area contributed by atoms with Crippen molar-refractivity contribution in [3.8, 4) is 22.6 Å². The highest BCUT2D eigenvalue weighted by molar-refractivity contribution is 6.07. The summed E-state index contributed by atoms with van der Waals surface area (Å²) in [5, 5.41) is 12.2. The van der Waals surface area contributed by atoms with Gasteiger partial charge in [-0.25, -0.2) is 4.79 Å². The lowest BCUT2D eigenvalue weighted by molar-refractivity contribution is -0.376. The number of hydrogen-bond acceptors (Lipinski definition) is 5. The summed E-state index contributed by atoms with van der Waals surface area (Å²) in [4.78, 5) is 27.0. The third-order valence-electron chi connectivity index (χ3n) is 8.06. The monoisotopic (exact) mass is 666 g/mol. The zero-order valence-electron chi connectivity index (χ0n) is 26.3. The summed E-state index contributed by atoms with van der Waals surface area (Å²) in [6, 6.07) is 15.4. The first-order chi connectivity index (χ1) is 21.9. The average Bonchev–Trinajstić information content (AvgIpc) is 3.21. The minimum atomic E-state index is -5.98. The van der Waals surface area contributed by atoms with Gasteiger partial charge in [-0.05, 0) is 80.1 Å². The highest BCUT2D eigenvalue weighted by Gasteiger charge is 2.71. The molecule has 7 nitrogen and oxygen atoms in total. The summed E-state index contributed by atoms with van der Waals surface area (Å²) in [6.07, 6.45) is -11.0. The second-order valence-electron chi connectivity index (χ2n) is 11.7. The average molecular weight is 667 g/mol. The van der Waals surface area contributed by atoms with Gasteiger partial charge in [-0.2, -0.15) is 26.3 Å². The van der Waals surface area contributed by atoms with Gasteiger partial charge in [0.1, 0.15) is 17.0 Å². The van der Waals surface area contributed by atoms with Gasteiger partial charge in [0.25, 0.3) is 11.5 Å². The number of nitrogens with zero attached hydrogens (tertiary/aromatic N) is 1. The standard InChI is InChI=1S/C34H36F6N2O5/c1-5-7-23-20-25(32(45,33(35,36)37)34(38,39)40)12-17-28(23)22-8-13-26(14-9-22)46-19-6-18-42-30(44)41-29(43)31(42,4)24-10-15-27(16-11-24)47-21(2)3/h8-17,20-21,45H,5-7,18-19H2,1-4H3,(H,41,43,44). The molecular formula is C34H36F6N2O5. The molecule has 3 aromatic rings. The maximum atomic E-state index is 13.5. The van der Waals surface area contributed by atoms with E-state index in [-0.39, 0.29) is 31.2 Å². The number of carbonyl (C=O) groups is 2. The van der Waals surface area contributed by atoms with Crippen LogP contribution in [0.1, 0.15) is 57.2 Å². The smallest absolute Gasteiger partial charge is 0.430 e. The van der Waals surface area contributed by atoms with Gasteiger partial charge in [-0.1, -0.05) is 55.8 Å². The third-order valence-corrected chi connectivity index (χ3v) is 8.06. The van der Waals surface area contributed by atoms with Crippen LogP contribution in [0.15, 0.2) is 66.7 Å². The van der Waals surface area contributed by atoms with Gasteiger partial charge >= 0.3 is 18.4 Å². The Morgan fingerprint density at radius 3 is 2.04 bits per heavy atom. The van der Waals surface area contributed by atoms with E-state index in [1.165, 1.54) is 4.90 Å². The second-order valence-corrected chi connectivity index (χ2v) is 11.7. The van der Waals surface area contributed by atoms with Crippen LogP contribution in [0, 0.1) is 0 Å². The number of imide groups is 1. The fourth-order valence-electron chi connectivity index (χ4n) is 5.56. The van der Waals surface area contributed by atoms with Crippen molar-refractivity contribution in [2.75, 3.05) is 13.2 Å². The van der Waals surface area contributed by atoms with Crippen LogP contribution in [0.2, 0.25) is 0 Å². The molecule has 3 amide bonds. The Labute approximate surface area is 268 Å². The van der Waals surface area contributed by atoms with Crippen LogP contribution in [0.5, 0.6) is 11.5 Å². The molecule has 1 fully saturated rings. The molecular weight excluding hydrogens is 630 g/mol. The van der Waals surface area contributed by atoms with E-state index in [1.807, 2.05) is 13.8 Å². The molecule has 0 bridgehead atoms. The largest absolute Gasteiger partial charge is 0.494 e. The Morgan fingerprint density at radius 1 is 0.894 bits per heavy atom. The number of aliphatic hydroxyl groups is 1. The van der Waals surface area contributed by atoms with E-state index < -0.39 is 41.0 Å². The molecule has 254 valence electrons. The predicted octanol–water partition coefficient (Wildman–Crippen LogP) is 7.64. The van der Waals surface area contributed by atoms with Gasteiger partial charge in [0.05, 0.1) is 12.7 Å². The number of ether oxygens (including phenoxy) is 2. The normalized spacial score (nSPS) is 17.3. The van der Waals surface area contributed by atoms with Gasteiger partial charge < -0.3 is 19.5 Å². The molecule has 0 saturated carbocycles. The summed E-state index contributed by atoms with van der Waals surface area (Å²) in [7, 11) is 0. The summed E-state index contributed by atoms with van der Waals surface area (Å²) < 4.78 is 92.3. The van der Waals surface area contributed by atoms with Crippen molar-refractivity contribution in [1.29, 1.82) is 0 Å². The van der Waals surface area contributed by atoms with Crippen LogP contribution >= 0.6 is 0 Å². The van der Waals surface area contributed by atoms with Crippen LogP contribution in [-0.2, 0) is 22.4 Å². The summed E-state index contributed by atoms with van der Waals surface area (Å²) in [5.41, 5.74) is -5.77. The number of nitrogens with one attached hydrogen (secondary N) is 1. The predicted molar refractivity (Wildman–Crippen MR) is 162 cm³/mol. The second kappa shape index (κ2) is 13.5. The SMILES string of the molecule is CCCc1cc(C(O)(C(F)(F)F)C(F)(F)F)ccc1-c1ccc(OCCCN2C(=O)NC(=O)C2(C)c2ccc(OC(C)C)cc2)cc1. The van der Waals surface area contributed by atoms with Gasteiger partial charge in [0.15, 0.2) is 0 Å². The highest BCUT2D eigenvalue weighted by Crippen LogP contribution is 2.50. The molecule has 4 rings (SSSR count). The van der Waals surface area contributed by atoms with E-state index in [2.05, 4.69) is 5.32 Å². The number of alkyl halides is 6. The molecule has 1 aliphatic rings. The first-order valence-electron chi connectivity index (χ1n) is 15.1. The Hall–Kier alpha value is -4.26. The van der Waals surface area contributed by atoms with E-state index in [9.17, 15) is 41.0 Å². The molecule has 1 aliphatic heterocycles. The molecule has 1 saturated heterocycles. The van der Waals surface area contributed by atoms with Crippen molar-refractivity contribution in [3.63, 3.8) is 0 Å². The van der Waals surface area contributed by atoms with Crippen molar-refractivity contribution >= 4 is 11.9 Å². The Kier molecular flexibility index (Phi) is 10.2. The number of hydrogen-bond donors (Lipinski definition) is 2. The van der Waals surface area contributed by atoms with Crippen molar-refractivity contribution in [2.24, 2.45) is 0 Å². The zero-order chi connectivity index (χ0) is 34.8. The van der Waals surface area contributed by atoms with E-state index in [0.29, 0.717) is 47.1 Å². The molecule has 0 radical (unpaired) electrons. The lowest BCUT2D eigenvalue weighted by Crippen LogP contribution is -2.53. The number of rotatable bonds is 12. The molecule has 0 aliphatic carbocycles. The van der Waals surface area contributed by atoms with Crippen LogP contribution in [0.4, 0.5) is 31.1 Å². The van der Waals surface area contributed by atoms with Crippen molar-refractivity contribution < 1.29 is 50.5 Å². The molecule has 13 heteroatoms. The summed E-state index contributed by atoms with van der Waals surface area (Å²) in [6.45, 7) is 7.57. The molecule has 0 spiro atoms. The lowest BCUT2D eigenvalue weighted by atomic mass is 9.87. The van der Waals surface area contributed by atoms with Crippen LogP contribution < -0.4 is 14.8 Å². The number of halogens is 6. The van der Waals surface area contributed by atoms with Gasteiger partial charge in [-0.15, -0.1) is 0 Å².